The van der Waals surface area contributed by atoms with Crippen LogP contribution in [0.15, 0.2) is 42.7 Å². The highest BCUT2D eigenvalue weighted by Gasteiger charge is 2.12. The van der Waals surface area contributed by atoms with Crippen molar-refractivity contribution in [2.45, 2.75) is 26.8 Å². The molecule has 0 saturated carbocycles. The lowest BCUT2D eigenvalue weighted by molar-refractivity contribution is -0.114. The van der Waals surface area contributed by atoms with Crippen molar-refractivity contribution in [1.29, 1.82) is 0 Å². The van der Waals surface area contributed by atoms with Gasteiger partial charge < -0.3 is 16.0 Å². The van der Waals surface area contributed by atoms with Gasteiger partial charge in [-0.2, -0.15) is 0 Å². The predicted octanol–water partition coefficient (Wildman–Crippen LogP) is 2.43. The molecule has 25 heavy (non-hydrogen) atoms. The quantitative estimate of drug-likeness (QED) is 0.778. The van der Waals surface area contributed by atoms with Gasteiger partial charge in [-0.25, -0.2) is 0 Å². The summed E-state index contributed by atoms with van der Waals surface area (Å²) in [6.07, 6.45) is 2.80. The molecule has 0 aliphatic carbocycles. The van der Waals surface area contributed by atoms with Gasteiger partial charge in [-0.05, 0) is 38.1 Å². The van der Waals surface area contributed by atoms with Crippen LogP contribution in [-0.2, 0) is 4.79 Å². The topological polar surface area (TPSA) is 100 Å². The minimum Gasteiger partial charge on any atom is -0.350 e. The third-order valence-electron chi connectivity index (χ3n) is 3.12. The number of pyridine rings is 1. The van der Waals surface area contributed by atoms with Crippen LogP contribution in [-0.4, -0.2) is 28.7 Å². The number of carbonyl (C=O) groups excluding carboxylic acids is 3. The molecule has 130 valence electrons. The third-order valence-corrected chi connectivity index (χ3v) is 3.12. The van der Waals surface area contributed by atoms with Crippen LogP contribution in [0, 0.1) is 0 Å². The summed E-state index contributed by atoms with van der Waals surface area (Å²) in [5, 5.41) is 8.11. The molecule has 7 nitrogen and oxygen atoms in total. The lowest BCUT2D eigenvalue weighted by atomic mass is 10.1. The lowest BCUT2D eigenvalue weighted by Gasteiger charge is -2.10. The van der Waals surface area contributed by atoms with Gasteiger partial charge in [0.2, 0.25) is 5.91 Å². The van der Waals surface area contributed by atoms with Gasteiger partial charge in [0.1, 0.15) is 0 Å². The first-order valence-corrected chi connectivity index (χ1v) is 7.80. The van der Waals surface area contributed by atoms with Crippen LogP contribution in [0.4, 0.5) is 11.4 Å². The van der Waals surface area contributed by atoms with Crippen LogP contribution in [0.25, 0.3) is 0 Å². The molecular formula is C18H20N4O3. The molecule has 7 heteroatoms. The Bertz CT molecular complexity index is 802. The number of benzene rings is 1. The van der Waals surface area contributed by atoms with Crippen molar-refractivity contribution in [3.63, 3.8) is 0 Å². The normalized spacial score (nSPS) is 10.2. The highest BCUT2D eigenvalue weighted by atomic mass is 16.2. The molecule has 0 fully saturated rings. The maximum Gasteiger partial charge on any atom is 0.257 e. The molecule has 3 amide bonds. The van der Waals surface area contributed by atoms with Crippen molar-refractivity contribution in [1.82, 2.24) is 10.3 Å². The summed E-state index contributed by atoms with van der Waals surface area (Å²) < 4.78 is 0. The van der Waals surface area contributed by atoms with Crippen molar-refractivity contribution in [2.75, 3.05) is 10.6 Å². The summed E-state index contributed by atoms with van der Waals surface area (Å²) in [6.45, 7) is 5.11. The molecule has 0 aliphatic rings. The van der Waals surface area contributed by atoms with Crippen LogP contribution < -0.4 is 16.0 Å². The van der Waals surface area contributed by atoms with E-state index in [1.54, 1.807) is 24.3 Å². The Kier molecular flexibility index (Phi) is 5.84. The largest absolute Gasteiger partial charge is 0.350 e. The molecule has 0 saturated heterocycles. The number of hydrogen-bond acceptors (Lipinski definition) is 4. The van der Waals surface area contributed by atoms with E-state index in [0.717, 1.165) is 0 Å². The van der Waals surface area contributed by atoms with E-state index in [1.807, 2.05) is 13.8 Å². The summed E-state index contributed by atoms with van der Waals surface area (Å²) in [5.74, 6) is -0.881. The SMILES string of the molecule is CC(=O)Nc1cccc(NC(=O)c2cncc(C(=O)NC(C)C)c2)c1. The number of hydrogen-bond donors (Lipinski definition) is 3. The molecule has 1 aromatic carbocycles. The van der Waals surface area contributed by atoms with Crippen LogP contribution >= 0.6 is 0 Å². The zero-order valence-electron chi connectivity index (χ0n) is 14.3. The predicted molar refractivity (Wildman–Crippen MR) is 95.5 cm³/mol. The molecule has 0 aliphatic heterocycles. The van der Waals surface area contributed by atoms with Crippen LogP contribution in [0.3, 0.4) is 0 Å². The summed E-state index contributed by atoms with van der Waals surface area (Å²) in [7, 11) is 0. The van der Waals surface area contributed by atoms with E-state index in [4.69, 9.17) is 0 Å². The lowest BCUT2D eigenvalue weighted by Crippen LogP contribution is -2.30. The van der Waals surface area contributed by atoms with Gasteiger partial charge in [0, 0.05) is 36.7 Å². The molecule has 3 N–H and O–H groups in total. The highest BCUT2D eigenvalue weighted by molar-refractivity contribution is 6.06. The minimum atomic E-state index is -0.397. The van der Waals surface area contributed by atoms with E-state index in [-0.39, 0.29) is 23.4 Å². The molecule has 0 unspecified atom stereocenters. The van der Waals surface area contributed by atoms with Gasteiger partial charge in [0.15, 0.2) is 0 Å². The Morgan fingerprint density at radius 2 is 1.52 bits per heavy atom. The van der Waals surface area contributed by atoms with E-state index in [0.29, 0.717) is 16.9 Å². The smallest absolute Gasteiger partial charge is 0.257 e. The van der Waals surface area contributed by atoms with Gasteiger partial charge in [0.25, 0.3) is 11.8 Å². The summed E-state index contributed by atoms with van der Waals surface area (Å²) in [4.78, 5) is 39.4. The van der Waals surface area contributed by atoms with Crippen LogP contribution in [0.5, 0.6) is 0 Å². The molecule has 1 aromatic heterocycles. The van der Waals surface area contributed by atoms with Crippen molar-refractivity contribution >= 4 is 29.1 Å². The van der Waals surface area contributed by atoms with Gasteiger partial charge in [-0.1, -0.05) is 6.07 Å². The minimum absolute atomic E-state index is 0.0125. The third kappa shape index (κ3) is 5.42. The standard InChI is InChI=1S/C18H20N4O3/c1-11(2)20-17(24)13-7-14(10-19-9-13)18(25)22-16-6-4-5-15(8-16)21-12(3)23/h4-11H,1-3H3,(H,20,24)(H,21,23)(H,22,25). The van der Waals surface area contributed by atoms with Gasteiger partial charge in [0.05, 0.1) is 11.1 Å². The molecule has 0 bridgehead atoms. The molecule has 0 radical (unpaired) electrons. The second-order valence-electron chi connectivity index (χ2n) is 5.81. The Morgan fingerprint density at radius 3 is 2.12 bits per heavy atom. The molecule has 0 atom stereocenters. The summed E-state index contributed by atoms with van der Waals surface area (Å²) in [6, 6.07) is 8.24. The fourth-order valence-corrected chi connectivity index (χ4v) is 2.12. The number of amides is 3. The number of nitrogens with zero attached hydrogens (tertiary/aromatic N) is 1. The molecule has 2 aromatic rings. The monoisotopic (exact) mass is 340 g/mol. The highest BCUT2D eigenvalue weighted by Crippen LogP contribution is 2.16. The Labute approximate surface area is 145 Å². The average molecular weight is 340 g/mol. The zero-order chi connectivity index (χ0) is 18.4. The zero-order valence-corrected chi connectivity index (χ0v) is 14.3. The average Bonchev–Trinajstić information content (AvgIpc) is 2.54. The van der Waals surface area contributed by atoms with Crippen molar-refractivity contribution in [3.8, 4) is 0 Å². The van der Waals surface area contributed by atoms with Crippen LogP contribution in [0.1, 0.15) is 41.5 Å². The molecule has 0 spiro atoms. The van der Waals surface area contributed by atoms with E-state index in [9.17, 15) is 14.4 Å². The maximum absolute atomic E-state index is 12.4. The second kappa shape index (κ2) is 8.05. The Balaban J connectivity index is 2.13. The summed E-state index contributed by atoms with van der Waals surface area (Å²) in [5.41, 5.74) is 1.68. The van der Waals surface area contributed by atoms with E-state index < -0.39 is 5.91 Å². The van der Waals surface area contributed by atoms with Gasteiger partial charge >= 0.3 is 0 Å². The maximum atomic E-state index is 12.4. The molecule has 1 heterocycles. The van der Waals surface area contributed by atoms with Crippen molar-refractivity contribution in [2.24, 2.45) is 0 Å². The Hall–Kier alpha value is -3.22. The van der Waals surface area contributed by atoms with E-state index in [1.165, 1.54) is 25.4 Å². The number of aromatic nitrogens is 1. The van der Waals surface area contributed by atoms with Crippen molar-refractivity contribution < 1.29 is 14.4 Å². The first-order valence-electron chi connectivity index (χ1n) is 7.80. The summed E-state index contributed by atoms with van der Waals surface area (Å²) >= 11 is 0. The van der Waals surface area contributed by atoms with Crippen molar-refractivity contribution in [3.05, 3.63) is 53.9 Å². The number of rotatable bonds is 5. The second-order valence-corrected chi connectivity index (χ2v) is 5.81. The van der Waals surface area contributed by atoms with Crippen LogP contribution in [0.2, 0.25) is 0 Å². The molecular weight excluding hydrogens is 320 g/mol. The van der Waals surface area contributed by atoms with E-state index in [2.05, 4.69) is 20.9 Å². The molecule has 2 rings (SSSR count). The van der Waals surface area contributed by atoms with Gasteiger partial charge in [-0.3, -0.25) is 19.4 Å². The first kappa shape index (κ1) is 18.1. The first-order chi connectivity index (χ1) is 11.8. The number of anilines is 2. The fourth-order valence-electron chi connectivity index (χ4n) is 2.12. The number of nitrogens with one attached hydrogen (secondary N) is 3. The Morgan fingerprint density at radius 1 is 0.920 bits per heavy atom. The van der Waals surface area contributed by atoms with Gasteiger partial charge in [-0.15, -0.1) is 0 Å². The number of carbonyl (C=O) groups is 3. The fraction of sp³-hybridized carbons (Fsp3) is 0.222. The van der Waals surface area contributed by atoms with E-state index >= 15 is 0 Å².